The van der Waals surface area contributed by atoms with Gasteiger partial charge in [-0.15, -0.1) is 0 Å². The lowest BCUT2D eigenvalue weighted by molar-refractivity contribution is 0.113. The van der Waals surface area contributed by atoms with Crippen LogP contribution >= 0.6 is 0 Å². The zero-order valence-corrected chi connectivity index (χ0v) is 11.4. The van der Waals surface area contributed by atoms with Crippen LogP contribution in [0.5, 0.6) is 0 Å². The Kier molecular flexibility index (Phi) is 4.45. The summed E-state index contributed by atoms with van der Waals surface area (Å²) in [5, 5.41) is 27.5. The molecule has 110 valence electrons. The van der Waals surface area contributed by atoms with Gasteiger partial charge in [0.2, 0.25) is 10.0 Å². The van der Waals surface area contributed by atoms with E-state index in [-0.39, 0.29) is 18.6 Å². The van der Waals surface area contributed by atoms with Crippen LogP contribution in [-0.4, -0.2) is 54.2 Å². The highest BCUT2D eigenvalue weighted by Crippen LogP contribution is 2.22. The van der Waals surface area contributed by atoms with Gasteiger partial charge in [-0.2, -0.15) is 4.31 Å². The third-order valence-electron chi connectivity index (χ3n) is 3.29. The van der Waals surface area contributed by atoms with E-state index in [4.69, 9.17) is 10.0 Å². The molecule has 6 nitrogen and oxygen atoms in total. The van der Waals surface area contributed by atoms with Crippen molar-refractivity contribution in [1.82, 2.24) is 4.31 Å². The Hall–Kier alpha value is -0.995. The van der Waals surface area contributed by atoms with Crippen molar-refractivity contribution in [2.45, 2.75) is 23.8 Å². The van der Waals surface area contributed by atoms with Crippen molar-refractivity contribution in [3.8, 4) is 0 Å². The summed E-state index contributed by atoms with van der Waals surface area (Å²) in [5.41, 5.74) is -0.0954. The summed E-state index contributed by atoms with van der Waals surface area (Å²) in [7, 11) is -5.91. The number of hydrogen-bond acceptors (Lipinski definition) is 5. The Bertz CT molecular complexity index is 586. The number of hydrogen-bond donors (Lipinski definition) is 3. The van der Waals surface area contributed by atoms with Crippen molar-refractivity contribution in [3.63, 3.8) is 0 Å². The van der Waals surface area contributed by atoms with Crippen molar-refractivity contribution in [3.05, 3.63) is 24.0 Å². The summed E-state index contributed by atoms with van der Waals surface area (Å²) in [6.07, 6.45) is 0.0451. The summed E-state index contributed by atoms with van der Waals surface area (Å²) in [6.45, 7) is 0.212. The largest absolute Gasteiger partial charge is 0.488 e. The van der Waals surface area contributed by atoms with Gasteiger partial charge in [0.1, 0.15) is 10.7 Å². The average molecular weight is 303 g/mol. The van der Waals surface area contributed by atoms with Gasteiger partial charge < -0.3 is 15.2 Å². The highest BCUT2D eigenvalue weighted by molar-refractivity contribution is 7.89. The molecule has 2 rings (SSSR count). The van der Waals surface area contributed by atoms with E-state index < -0.39 is 34.0 Å². The molecular formula is C11H15BFNO5S. The van der Waals surface area contributed by atoms with E-state index in [0.29, 0.717) is 12.8 Å². The van der Waals surface area contributed by atoms with E-state index in [1.807, 2.05) is 0 Å². The molecule has 0 saturated carbocycles. The van der Waals surface area contributed by atoms with Crippen LogP contribution in [0.25, 0.3) is 0 Å². The summed E-state index contributed by atoms with van der Waals surface area (Å²) < 4.78 is 39.5. The van der Waals surface area contributed by atoms with E-state index in [0.717, 1.165) is 22.5 Å². The topological polar surface area (TPSA) is 98.1 Å². The number of nitrogens with zero attached hydrogens (tertiary/aromatic N) is 1. The zero-order valence-electron chi connectivity index (χ0n) is 10.6. The molecule has 0 aromatic heterocycles. The number of sulfonamides is 1. The van der Waals surface area contributed by atoms with Crippen molar-refractivity contribution in [2.24, 2.45) is 0 Å². The van der Waals surface area contributed by atoms with E-state index in [2.05, 4.69) is 0 Å². The molecular weight excluding hydrogens is 288 g/mol. The summed E-state index contributed by atoms with van der Waals surface area (Å²) >= 11 is 0. The number of aliphatic hydroxyl groups is 1. The van der Waals surface area contributed by atoms with Gasteiger partial charge in [0.15, 0.2) is 0 Å². The van der Waals surface area contributed by atoms with Crippen molar-refractivity contribution >= 4 is 22.6 Å². The van der Waals surface area contributed by atoms with Gasteiger partial charge in [0.05, 0.1) is 6.10 Å². The van der Waals surface area contributed by atoms with Crippen molar-refractivity contribution in [2.75, 3.05) is 13.1 Å². The molecule has 0 unspecified atom stereocenters. The van der Waals surface area contributed by atoms with Crippen LogP contribution in [0.1, 0.15) is 12.8 Å². The molecule has 1 saturated heterocycles. The second kappa shape index (κ2) is 5.78. The molecule has 0 spiro atoms. The predicted molar refractivity (Wildman–Crippen MR) is 70.2 cm³/mol. The molecule has 1 aromatic rings. The Morgan fingerprint density at radius 1 is 1.25 bits per heavy atom. The lowest BCUT2D eigenvalue weighted by Gasteiger charge is -2.28. The van der Waals surface area contributed by atoms with Crippen LogP contribution in [0.15, 0.2) is 23.1 Å². The van der Waals surface area contributed by atoms with Crippen LogP contribution in [0.3, 0.4) is 0 Å². The number of piperidine rings is 1. The molecule has 3 N–H and O–H groups in total. The van der Waals surface area contributed by atoms with Gasteiger partial charge in [-0.1, -0.05) is 6.07 Å². The highest BCUT2D eigenvalue weighted by Gasteiger charge is 2.31. The molecule has 0 radical (unpaired) electrons. The van der Waals surface area contributed by atoms with Crippen LogP contribution < -0.4 is 5.46 Å². The lowest BCUT2D eigenvalue weighted by atomic mass is 9.80. The maximum Gasteiger partial charge on any atom is 0.488 e. The fourth-order valence-electron chi connectivity index (χ4n) is 2.10. The van der Waals surface area contributed by atoms with Gasteiger partial charge >= 0.3 is 7.12 Å². The Balaban J connectivity index is 2.36. The molecule has 20 heavy (non-hydrogen) atoms. The molecule has 9 heteroatoms. The molecule has 0 aliphatic carbocycles. The SMILES string of the molecule is O=S(=O)(c1cc(B(O)O)ccc1F)N1CCC(O)CC1. The Morgan fingerprint density at radius 2 is 1.85 bits per heavy atom. The second-order valence-electron chi connectivity index (χ2n) is 4.70. The summed E-state index contributed by atoms with van der Waals surface area (Å²) in [4.78, 5) is -0.584. The second-order valence-corrected chi connectivity index (χ2v) is 6.61. The highest BCUT2D eigenvalue weighted by atomic mass is 32.2. The van der Waals surface area contributed by atoms with Crippen LogP contribution in [0.2, 0.25) is 0 Å². The third-order valence-corrected chi connectivity index (χ3v) is 5.21. The van der Waals surface area contributed by atoms with Gasteiger partial charge in [0.25, 0.3) is 0 Å². The van der Waals surface area contributed by atoms with Gasteiger partial charge in [-0.3, -0.25) is 0 Å². The third kappa shape index (κ3) is 3.02. The Morgan fingerprint density at radius 3 is 2.40 bits per heavy atom. The van der Waals surface area contributed by atoms with Gasteiger partial charge in [0, 0.05) is 13.1 Å². The van der Waals surface area contributed by atoms with Crippen LogP contribution in [0, 0.1) is 5.82 Å². The molecule has 1 aliphatic heterocycles. The minimum Gasteiger partial charge on any atom is -0.423 e. The first-order chi connectivity index (χ1) is 9.32. The molecule has 1 aliphatic rings. The normalized spacial score (nSPS) is 18.2. The predicted octanol–water partition coefficient (Wildman–Crippen LogP) is -1.35. The van der Waals surface area contributed by atoms with Crippen LogP contribution in [0.4, 0.5) is 4.39 Å². The fraction of sp³-hybridized carbons (Fsp3) is 0.455. The fourth-order valence-corrected chi connectivity index (χ4v) is 3.67. The maximum atomic E-state index is 13.7. The first-order valence-corrected chi connectivity index (χ1v) is 7.60. The smallest absolute Gasteiger partial charge is 0.423 e. The molecule has 1 fully saturated rings. The van der Waals surface area contributed by atoms with Crippen LogP contribution in [-0.2, 0) is 10.0 Å². The maximum absolute atomic E-state index is 13.7. The van der Waals surface area contributed by atoms with Gasteiger partial charge in [-0.25, -0.2) is 12.8 Å². The standard InChI is InChI=1S/C11H15BFNO5S/c13-10-2-1-8(12(16)17)7-11(10)20(18,19)14-5-3-9(15)4-6-14/h1-2,7,9,15-17H,3-6H2. The first kappa shape index (κ1) is 15.4. The minimum absolute atomic E-state index is 0.0954. The number of benzene rings is 1. The lowest BCUT2D eigenvalue weighted by Crippen LogP contribution is -2.41. The molecule has 1 heterocycles. The quantitative estimate of drug-likeness (QED) is 0.600. The van der Waals surface area contributed by atoms with E-state index in [1.54, 1.807) is 0 Å². The van der Waals surface area contributed by atoms with E-state index in [9.17, 15) is 17.9 Å². The first-order valence-electron chi connectivity index (χ1n) is 6.16. The molecule has 0 atom stereocenters. The number of halogens is 1. The summed E-state index contributed by atoms with van der Waals surface area (Å²) in [6, 6.07) is 2.92. The molecule has 0 bridgehead atoms. The van der Waals surface area contributed by atoms with Crippen molar-refractivity contribution < 1.29 is 28.0 Å². The molecule has 1 aromatic carbocycles. The van der Waals surface area contributed by atoms with E-state index >= 15 is 0 Å². The summed E-state index contributed by atoms with van der Waals surface area (Å²) in [5.74, 6) is -0.944. The van der Waals surface area contributed by atoms with Crippen molar-refractivity contribution in [1.29, 1.82) is 0 Å². The minimum atomic E-state index is -4.05. The van der Waals surface area contributed by atoms with Gasteiger partial charge in [-0.05, 0) is 30.4 Å². The monoisotopic (exact) mass is 303 g/mol. The molecule has 0 amide bonds. The number of rotatable bonds is 3. The zero-order chi connectivity index (χ0) is 14.9. The average Bonchev–Trinajstić information content (AvgIpc) is 2.39. The Labute approximate surface area is 116 Å². The number of aliphatic hydroxyl groups excluding tert-OH is 1. The van der Waals surface area contributed by atoms with E-state index in [1.165, 1.54) is 0 Å².